The number of pyridine rings is 2. The van der Waals surface area contributed by atoms with Gasteiger partial charge < -0.3 is 10.5 Å². The number of halogens is 1. The highest BCUT2D eigenvalue weighted by Gasteiger charge is 2.41. The van der Waals surface area contributed by atoms with E-state index < -0.39 is 21.9 Å². The lowest BCUT2D eigenvalue weighted by Gasteiger charge is -2.37. The molecule has 2 aromatic heterocycles. The highest BCUT2D eigenvalue weighted by Crippen LogP contribution is 2.35. The van der Waals surface area contributed by atoms with Gasteiger partial charge in [0.05, 0.1) is 16.9 Å². The summed E-state index contributed by atoms with van der Waals surface area (Å²) in [6.45, 7) is 5.76. The van der Waals surface area contributed by atoms with Gasteiger partial charge in [-0.3, -0.25) is 4.21 Å². The molecule has 1 aliphatic rings. The molecule has 0 bridgehead atoms. The van der Waals surface area contributed by atoms with Gasteiger partial charge >= 0.3 is 0 Å². The van der Waals surface area contributed by atoms with E-state index in [4.69, 9.17) is 22.1 Å². The van der Waals surface area contributed by atoms with Crippen LogP contribution in [0, 0.1) is 0 Å². The molecule has 118 valence electrons. The molecule has 2 aromatic rings. The van der Waals surface area contributed by atoms with Gasteiger partial charge in [-0.05, 0) is 37.8 Å². The second kappa shape index (κ2) is 5.15. The summed E-state index contributed by atoms with van der Waals surface area (Å²) in [6.07, 6.45) is 3.36. The normalized spacial score (nSPS) is 25.0. The molecule has 0 atom stereocenters. The molecule has 3 rings (SSSR count). The number of ether oxygens (including phenoxy) is 1. The Morgan fingerprint density at radius 2 is 2.00 bits per heavy atom. The molecule has 0 amide bonds. The first-order valence-electron chi connectivity index (χ1n) is 6.96. The molecule has 0 spiro atoms. The lowest BCUT2D eigenvalue weighted by molar-refractivity contribution is 0.120. The zero-order chi connectivity index (χ0) is 16.1. The van der Waals surface area contributed by atoms with Crippen LogP contribution in [-0.2, 0) is 16.3 Å². The first-order valence-corrected chi connectivity index (χ1v) is 8.82. The lowest BCUT2D eigenvalue weighted by Crippen LogP contribution is -2.53. The second-order valence-electron chi connectivity index (χ2n) is 6.53. The lowest BCUT2D eigenvalue weighted by atomic mass is 9.93. The van der Waals surface area contributed by atoms with E-state index in [-0.39, 0.29) is 0 Å². The van der Waals surface area contributed by atoms with Gasteiger partial charge in [-0.2, -0.15) is 0 Å². The molecular weight excluding hydrogens is 322 g/mol. The topological polar surface area (TPSA) is 78.1 Å². The van der Waals surface area contributed by atoms with Crippen LogP contribution in [0.2, 0.25) is 5.15 Å². The second-order valence-corrected chi connectivity index (χ2v) is 8.38. The number of fused-ring (bicyclic) bond motifs is 1. The van der Waals surface area contributed by atoms with E-state index >= 15 is 0 Å². The molecule has 1 fully saturated rings. The molecule has 1 saturated heterocycles. The summed E-state index contributed by atoms with van der Waals surface area (Å²) in [5, 5.41) is 2.03. The Labute approximate surface area is 136 Å². The third-order valence-corrected chi connectivity index (χ3v) is 5.74. The van der Waals surface area contributed by atoms with Gasteiger partial charge in [0.15, 0.2) is 0 Å². The third kappa shape index (κ3) is 2.83. The maximum Gasteiger partial charge on any atom is 0.223 e. The predicted molar refractivity (Wildman–Crippen MR) is 88.7 cm³/mol. The zero-order valence-electron chi connectivity index (χ0n) is 12.7. The fraction of sp³-hybridized carbons (Fsp3) is 0.467. The van der Waals surface area contributed by atoms with Crippen molar-refractivity contribution in [3.63, 3.8) is 0 Å². The molecular formula is C15H18ClN3O2S. The Morgan fingerprint density at radius 1 is 1.32 bits per heavy atom. The van der Waals surface area contributed by atoms with Crippen LogP contribution >= 0.6 is 11.6 Å². The molecule has 0 aromatic carbocycles. The summed E-state index contributed by atoms with van der Waals surface area (Å²) >= 11 is 6.03. The van der Waals surface area contributed by atoms with Crippen LogP contribution in [0.3, 0.4) is 0 Å². The maximum atomic E-state index is 11.4. The van der Waals surface area contributed by atoms with Gasteiger partial charge in [-0.15, -0.1) is 0 Å². The molecule has 1 aliphatic heterocycles. The number of hydrogen-bond donors (Lipinski definition) is 1. The van der Waals surface area contributed by atoms with Crippen molar-refractivity contribution in [3.05, 3.63) is 29.2 Å². The van der Waals surface area contributed by atoms with E-state index in [1.165, 1.54) is 0 Å². The van der Waals surface area contributed by atoms with Gasteiger partial charge in [-0.25, -0.2) is 9.97 Å². The first kappa shape index (κ1) is 15.6. The fourth-order valence-electron chi connectivity index (χ4n) is 2.61. The van der Waals surface area contributed by atoms with Crippen LogP contribution in [0.1, 0.15) is 26.3 Å². The Kier molecular flexibility index (Phi) is 3.66. The quantitative estimate of drug-likeness (QED) is 0.869. The van der Waals surface area contributed by atoms with Crippen LogP contribution in [0.25, 0.3) is 10.8 Å². The summed E-state index contributed by atoms with van der Waals surface area (Å²) in [5.74, 6) is 1.51. The monoisotopic (exact) mass is 339 g/mol. The SMILES string of the molecule is CC1(Oc2ncc(C(C)(C)N)c3cc(Cl)ncc23)CS(=O)C1. The highest BCUT2D eigenvalue weighted by molar-refractivity contribution is 7.86. The average Bonchev–Trinajstić information content (AvgIpc) is 2.35. The van der Waals surface area contributed by atoms with Crippen molar-refractivity contribution < 1.29 is 8.95 Å². The van der Waals surface area contributed by atoms with Crippen molar-refractivity contribution in [2.24, 2.45) is 5.73 Å². The van der Waals surface area contributed by atoms with Crippen LogP contribution < -0.4 is 10.5 Å². The van der Waals surface area contributed by atoms with Crippen LogP contribution in [0.4, 0.5) is 0 Å². The molecule has 0 radical (unpaired) electrons. The Hall–Kier alpha value is -1.24. The van der Waals surface area contributed by atoms with Gasteiger partial charge in [-0.1, -0.05) is 11.6 Å². The summed E-state index contributed by atoms with van der Waals surface area (Å²) in [7, 11) is -0.800. The molecule has 0 unspecified atom stereocenters. The van der Waals surface area contributed by atoms with Gasteiger partial charge in [0.25, 0.3) is 0 Å². The van der Waals surface area contributed by atoms with Gasteiger partial charge in [0, 0.05) is 28.7 Å². The summed E-state index contributed by atoms with van der Waals surface area (Å²) in [5.41, 5.74) is 6.10. The van der Waals surface area contributed by atoms with E-state index in [0.29, 0.717) is 22.5 Å². The predicted octanol–water partition coefficient (Wildman–Crippen LogP) is 2.38. The molecule has 2 N–H and O–H groups in total. The average molecular weight is 340 g/mol. The summed E-state index contributed by atoms with van der Waals surface area (Å²) in [6, 6.07) is 1.77. The van der Waals surface area contributed by atoms with Crippen molar-refractivity contribution >= 4 is 33.2 Å². The minimum absolute atomic E-state index is 0.395. The molecule has 0 saturated carbocycles. The van der Waals surface area contributed by atoms with Gasteiger partial charge in [0.1, 0.15) is 10.8 Å². The molecule has 3 heterocycles. The Balaban J connectivity index is 2.11. The van der Waals surface area contributed by atoms with E-state index in [1.54, 1.807) is 18.5 Å². The van der Waals surface area contributed by atoms with E-state index in [1.807, 2.05) is 20.8 Å². The number of hydrogen-bond acceptors (Lipinski definition) is 5. The van der Waals surface area contributed by atoms with Crippen LogP contribution in [-0.4, -0.2) is 31.3 Å². The highest BCUT2D eigenvalue weighted by atomic mass is 35.5. The Morgan fingerprint density at radius 3 is 2.59 bits per heavy atom. The largest absolute Gasteiger partial charge is 0.469 e. The minimum atomic E-state index is -0.800. The van der Waals surface area contributed by atoms with Crippen molar-refractivity contribution in [3.8, 4) is 5.88 Å². The number of aromatic nitrogens is 2. The zero-order valence-corrected chi connectivity index (χ0v) is 14.3. The molecule has 0 aliphatic carbocycles. The number of nitrogens with two attached hydrogens (primary N) is 1. The third-order valence-electron chi connectivity index (χ3n) is 3.67. The minimum Gasteiger partial charge on any atom is -0.469 e. The van der Waals surface area contributed by atoms with Crippen molar-refractivity contribution in [2.45, 2.75) is 31.9 Å². The smallest absolute Gasteiger partial charge is 0.223 e. The molecule has 22 heavy (non-hydrogen) atoms. The number of nitrogens with zero attached hydrogens (tertiary/aromatic N) is 2. The fourth-order valence-corrected chi connectivity index (χ4v) is 4.16. The summed E-state index contributed by atoms with van der Waals surface area (Å²) < 4.78 is 17.4. The van der Waals surface area contributed by atoms with E-state index in [0.717, 1.165) is 16.3 Å². The number of rotatable bonds is 3. The van der Waals surface area contributed by atoms with Crippen molar-refractivity contribution in [1.29, 1.82) is 0 Å². The molecule has 7 heteroatoms. The maximum absolute atomic E-state index is 11.4. The first-order chi connectivity index (χ1) is 10.2. The standard InChI is InChI=1S/C15H18ClN3O2S/c1-14(2,17)11-6-19-13(21-15(3)7-22(20)8-15)10-5-18-12(16)4-9(10)11/h4-6H,7-8,17H2,1-3H3. The van der Waals surface area contributed by atoms with Crippen LogP contribution in [0.5, 0.6) is 5.88 Å². The summed E-state index contributed by atoms with van der Waals surface area (Å²) in [4.78, 5) is 8.54. The van der Waals surface area contributed by atoms with E-state index in [9.17, 15) is 4.21 Å². The van der Waals surface area contributed by atoms with Crippen molar-refractivity contribution in [2.75, 3.05) is 11.5 Å². The van der Waals surface area contributed by atoms with E-state index in [2.05, 4.69) is 9.97 Å². The Bertz CT molecular complexity index is 765. The molecule has 5 nitrogen and oxygen atoms in total. The van der Waals surface area contributed by atoms with Crippen LogP contribution in [0.15, 0.2) is 18.5 Å². The van der Waals surface area contributed by atoms with Gasteiger partial charge in [0.2, 0.25) is 5.88 Å². The van der Waals surface area contributed by atoms with Crippen molar-refractivity contribution in [1.82, 2.24) is 9.97 Å².